The third kappa shape index (κ3) is 2.79. The quantitative estimate of drug-likeness (QED) is 0.821. The molecule has 0 radical (unpaired) electrons. The third-order valence-electron chi connectivity index (χ3n) is 2.73. The smallest absolute Gasteiger partial charge is 0.390 e. The Morgan fingerprint density at radius 2 is 2.11 bits per heavy atom. The molecule has 0 spiro atoms. The molecule has 1 aromatic rings. The number of alkyl halides is 3. The van der Waals surface area contributed by atoms with Gasteiger partial charge in [0, 0.05) is 18.7 Å². The number of aromatic nitrogens is 2. The highest BCUT2D eigenvalue weighted by Crippen LogP contribution is 2.30. The van der Waals surface area contributed by atoms with Crippen molar-refractivity contribution in [3.63, 3.8) is 0 Å². The molecule has 2 rings (SSSR count). The molecule has 1 aliphatic rings. The summed E-state index contributed by atoms with van der Waals surface area (Å²) in [4.78, 5) is 9.69. The van der Waals surface area contributed by atoms with Crippen LogP contribution in [0.25, 0.3) is 0 Å². The van der Waals surface area contributed by atoms with E-state index >= 15 is 0 Å². The van der Waals surface area contributed by atoms with E-state index in [1.165, 1.54) is 12.4 Å². The Kier molecular flexibility index (Phi) is 3.51. The van der Waals surface area contributed by atoms with E-state index in [0.717, 1.165) is 6.08 Å². The lowest BCUT2D eigenvalue weighted by atomic mass is 10.1. The van der Waals surface area contributed by atoms with Gasteiger partial charge in [0.1, 0.15) is 5.82 Å². The molecule has 0 saturated carbocycles. The average Bonchev–Trinajstić information content (AvgIpc) is 2.38. The van der Waals surface area contributed by atoms with Crippen molar-refractivity contribution in [2.45, 2.75) is 19.2 Å². The lowest BCUT2D eigenvalue weighted by molar-refractivity contribution is -0.0944. The van der Waals surface area contributed by atoms with Gasteiger partial charge in [-0.3, -0.25) is 4.98 Å². The first-order chi connectivity index (χ1) is 8.50. The fraction of sp³-hybridized carbons (Fsp3) is 0.455. The molecule has 1 N–H and O–H groups in total. The maximum Gasteiger partial charge on any atom is 0.412 e. The Bertz CT molecular complexity index is 459. The number of aliphatic hydroxyl groups is 1. The van der Waals surface area contributed by atoms with Gasteiger partial charge in [-0.1, -0.05) is 6.08 Å². The summed E-state index contributed by atoms with van der Waals surface area (Å²) in [7, 11) is 0. The highest BCUT2D eigenvalue weighted by molar-refractivity contribution is 5.40. The zero-order valence-electron chi connectivity index (χ0n) is 9.48. The van der Waals surface area contributed by atoms with Crippen molar-refractivity contribution >= 4 is 5.82 Å². The van der Waals surface area contributed by atoms with E-state index in [0.29, 0.717) is 11.5 Å². The lowest BCUT2D eigenvalue weighted by Gasteiger charge is -2.28. The van der Waals surface area contributed by atoms with Crippen LogP contribution in [0.4, 0.5) is 19.0 Å². The zero-order valence-corrected chi connectivity index (χ0v) is 9.48. The monoisotopic (exact) mass is 259 g/mol. The molecule has 0 aliphatic carbocycles. The van der Waals surface area contributed by atoms with E-state index in [1.807, 2.05) is 0 Å². The van der Waals surface area contributed by atoms with Crippen LogP contribution in [0.15, 0.2) is 24.0 Å². The molecule has 4 nitrogen and oxygen atoms in total. The molecule has 2 heterocycles. The normalized spacial score (nSPS) is 16.7. The van der Waals surface area contributed by atoms with E-state index in [9.17, 15) is 13.2 Å². The molecule has 18 heavy (non-hydrogen) atoms. The molecule has 0 atom stereocenters. The fourth-order valence-electron chi connectivity index (χ4n) is 1.76. The first-order valence-electron chi connectivity index (χ1n) is 5.43. The number of halogens is 3. The summed E-state index contributed by atoms with van der Waals surface area (Å²) in [5.41, 5.74) is -0.0943. The van der Waals surface area contributed by atoms with E-state index in [2.05, 4.69) is 9.97 Å². The van der Waals surface area contributed by atoms with Crippen molar-refractivity contribution < 1.29 is 18.3 Å². The highest BCUT2D eigenvalue weighted by Gasteiger charge is 2.34. The van der Waals surface area contributed by atoms with Crippen LogP contribution >= 0.6 is 0 Å². The van der Waals surface area contributed by atoms with Crippen LogP contribution in [0.2, 0.25) is 0 Å². The van der Waals surface area contributed by atoms with Crippen LogP contribution < -0.4 is 4.90 Å². The van der Waals surface area contributed by atoms with Crippen molar-refractivity contribution in [2.24, 2.45) is 0 Å². The van der Waals surface area contributed by atoms with Crippen LogP contribution in [-0.4, -0.2) is 34.3 Å². The maximum absolute atomic E-state index is 12.4. The zero-order chi connectivity index (χ0) is 13.2. The summed E-state index contributed by atoms with van der Waals surface area (Å²) < 4.78 is 37.3. The number of anilines is 1. The van der Waals surface area contributed by atoms with Crippen LogP contribution in [0.1, 0.15) is 12.1 Å². The molecule has 0 unspecified atom stereocenters. The molecule has 0 fully saturated rings. The second-order valence-corrected chi connectivity index (χ2v) is 3.95. The Morgan fingerprint density at radius 3 is 2.67 bits per heavy atom. The second kappa shape index (κ2) is 4.93. The highest BCUT2D eigenvalue weighted by atomic mass is 19.4. The first-order valence-corrected chi connectivity index (χ1v) is 5.43. The molecule has 0 aromatic carbocycles. The predicted molar refractivity (Wildman–Crippen MR) is 58.9 cm³/mol. The van der Waals surface area contributed by atoms with Crippen molar-refractivity contribution in [3.05, 3.63) is 29.7 Å². The third-order valence-corrected chi connectivity index (χ3v) is 2.73. The standard InChI is InChI=1S/C11H12F3N3O/c12-11(13,14)8-1-3-17(4-2-8)10-6-15-5-9(7-18)16-10/h1,5-6,18H,2-4,7H2. The minimum Gasteiger partial charge on any atom is -0.390 e. The summed E-state index contributed by atoms with van der Waals surface area (Å²) in [5, 5.41) is 8.93. The number of nitrogens with zero attached hydrogens (tertiary/aromatic N) is 3. The number of rotatable bonds is 2. The van der Waals surface area contributed by atoms with Gasteiger partial charge in [0.2, 0.25) is 0 Å². The molecule has 0 bridgehead atoms. The molecule has 0 amide bonds. The maximum atomic E-state index is 12.4. The molecular weight excluding hydrogens is 247 g/mol. The van der Waals surface area contributed by atoms with Gasteiger partial charge >= 0.3 is 6.18 Å². The van der Waals surface area contributed by atoms with E-state index in [4.69, 9.17) is 5.11 Å². The molecular formula is C11H12F3N3O. The average molecular weight is 259 g/mol. The van der Waals surface area contributed by atoms with Gasteiger partial charge in [0.15, 0.2) is 0 Å². The number of aliphatic hydroxyl groups excluding tert-OH is 1. The Hall–Kier alpha value is -1.63. The largest absolute Gasteiger partial charge is 0.412 e. The summed E-state index contributed by atoms with van der Waals surface area (Å²) in [6, 6.07) is 0. The topological polar surface area (TPSA) is 49.3 Å². The van der Waals surface area contributed by atoms with Crippen molar-refractivity contribution in [2.75, 3.05) is 18.0 Å². The second-order valence-electron chi connectivity index (χ2n) is 3.95. The Morgan fingerprint density at radius 1 is 1.33 bits per heavy atom. The SMILES string of the molecule is OCc1cncc(N2CC=C(C(F)(F)F)CC2)n1. The van der Waals surface area contributed by atoms with Gasteiger partial charge in [-0.05, 0) is 6.42 Å². The fourth-order valence-corrected chi connectivity index (χ4v) is 1.76. The number of hydrogen-bond donors (Lipinski definition) is 1. The predicted octanol–water partition coefficient (Wildman–Crippen LogP) is 1.67. The van der Waals surface area contributed by atoms with Crippen LogP contribution in [0.3, 0.4) is 0 Å². The minimum atomic E-state index is -4.25. The summed E-state index contributed by atoms with van der Waals surface area (Å²) >= 11 is 0. The molecule has 1 aromatic heterocycles. The van der Waals surface area contributed by atoms with Crippen LogP contribution in [-0.2, 0) is 6.61 Å². The van der Waals surface area contributed by atoms with Crippen LogP contribution in [0.5, 0.6) is 0 Å². The lowest BCUT2D eigenvalue weighted by Crippen LogP contribution is -2.32. The van der Waals surface area contributed by atoms with Crippen molar-refractivity contribution in [1.82, 2.24) is 9.97 Å². The molecule has 7 heteroatoms. The van der Waals surface area contributed by atoms with Gasteiger partial charge in [0.25, 0.3) is 0 Å². The summed E-state index contributed by atoms with van der Waals surface area (Å²) in [5.74, 6) is 0.485. The molecule has 0 saturated heterocycles. The molecule has 98 valence electrons. The van der Waals surface area contributed by atoms with Gasteiger partial charge < -0.3 is 10.0 Å². The summed E-state index contributed by atoms with van der Waals surface area (Å²) in [6.45, 7) is 0.158. The Labute approximate surface area is 102 Å². The van der Waals surface area contributed by atoms with Crippen molar-refractivity contribution in [1.29, 1.82) is 0 Å². The number of hydrogen-bond acceptors (Lipinski definition) is 4. The molecule has 1 aliphatic heterocycles. The van der Waals surface area contributed by atoms with Crippen LogP contribution in [0, 0.1) is 0 Å². The first kappa shape index (κ1) is 12.8. The van der Waals surface area contributed by atoms with E-state index in [-0.39, 0.29) is 26.1 Å². The van der Waals surface area contributed by atoms with E-state index in [1.54, 1.807) is 4.90 Å². The summed E-state index contributed by atoms with van der Waals surface area (Å²) in [6.07, 6.45) is -0.244. The Balaban J connectivity index is 2.11. The van der Waals surface area contributed by atoms with Gasteiger partial charge in [0.05, 0.1) is 24.7 Å². The minimum absolute atomic E-state index is 0.0610. The van der Waals surface area contributed by atoms with E-state index < -0.39 is 11.7 Å². The van der Waals surface area contributed by atoms with Gasteiger partial charge in [-0.25, -0.2) is 4.98 Å². The van der Waals surface area contributed by atoms with Gasteiger partial charge in [-0.15, -0.1) is 0 Å². The van der Waals surface area contributed by atoms with Gasteiger partial charge in [-0.2, -0.15) is 13.2 Å². The van der Waals surface area contributed by atoms with Crippen molar-refractivity contribution in [3.8, 4) is 0 Å².